The van der Waals surface area contributed by atoms with Gasteiger partial charge in [-0.1, -0.05) is 23.9 Å². The standard InChI is InChI=1S/C21H23N3O5S2/c1-28-15-9-7-14(8-10-15)24(21-23-17-12-31(26,27)13-19(17)30-21)11-20(25)22-16-5-3-4-6-18(16)29-2/h3-10,17,19H,11-13H2,1-2H3,(H,22,25). The van der Waals surface area contributed by atoms with Gasteiger partial charge >= 0.3 is 0 Å². The van der Waals surface area contributed by atoms with Gasteiger partial charge in [0.15, 0.2) is 15.0 Å². The summed E-state index contributed by atoms with van der Waals surface area (Å²) in [5.41, 5.74) is 1.35. The molecule has 0 saturated carbocycles. The number of amides is 1. The summed E-state index contributed by atoms with van der Waals surface area (Å²) in [5, 5.41) is 3.41. The third-order valence-corrected chi connectivity index (χ3v) is 8.35. The number of anilines is 2. The van der Waals surface area contributed by atoms with Gasteiger partial charge in [-0.3, -0.25) is 9.79 Å². The molecule has 164 valence electrons. The lowest BCUT2D eigenvalue weighted by Gasteiger charge is -2.24. The summed E-state index contributed by atoms with van der Waals surface area (Å²) >= 11 is 1.41. The molecule has 0 spiro atoms. The SMILES string of the molecule is COc1ccc(N(CC(=O)Nc2ccccc2OC)C2=NC3CS(=O)(=O)CC3S2)cc1. The second-order valence-electron chi connectivity index (χ2n) is 7.24. The van der Waals surface area contributed by atoms with Crippen LogP contribution in [0.1, 0.15) is 0 Å². The fourth-order valence-corrected chi connectivity index (χ4v) is 7.36. The molecule has 0 radical (unpaired) electrons. The molecule has 31 heavy (non-hydrogen) atoms. The van der Waals surface area contributed by atoms with Gasteiger partial charge in [0.1, 0.15) is 18.0 Å². The minimum atomic E-state index is -3.06. The van der Waals surface area contributed by atoms with Crippen LogP contribution in [0.3, 0.4) is 0 Å². The summed E-state index contributed by atoms with van der Waals surface area (Å²) in [5.74, 6) is 1.19. The normalized spacial score (nSPS) is 21.2. The summed E-state index contributed by atoms with van der Waals surface area (Å²) < 4.78 is 34.4. The minimum absolute atomic E-state index is 0.0163. The zero-order chi connectivity index (χ0) is 22.0. The van der Waals surface area contributed by atoms with Crippen LogP contribution in [0.4, 0.5) is 11.4 Å². The average Bonchev–Trinajstić information content (AvgIpc) is 3.26. The Hall–Kier alpha value is -2.72. The third-order valence-electron chi connectivity index (χ3n) is 5.10. The van der Waals surface area contributed by atoms with Crippen molar-refractivity contribution in [2.24, 2.45) is 4.99 Å². The number of para-hydroxylation sites is 2. The summed E-state index contributed by atoms with van der Waals surface area (Å²) in [6.07, 6.45) is 0. The molecule has 1 saturated heterocycles. The van der Waals surface area contributed by atoms with Crippen molar-refractivity contribution in [3.63, 3.8) is 0 Å². The molecule has 2 aliphatic heterocycles. The molecule has 2 aromatic rings. The monoisotopic (exact) mass is 461 g/mol. The van der Waals surface area contributed by atoms with Gasteiger partial charge in [0, 0.05) is 10.9 Å². The molecule has 0 bridgehead atoms. The van der Waals surface area contributed by atoms with Gasteiger partial charge < -0.3 is 19.7 Å². The number of carbonyl (C=O) groups is 1. The molecule has 1 N–H and O–H groups in total. The Balaban J connectivity index is 1.58. The minimum Gasteiger partial charge on any atom is -0.497 e. The number of hydrogen-bond donors (Lipinski definition) is 1. The topological polar surface area (TPSA) is 97.3 Å². The molecule has 1 amide bonds. The quantitative estimate of drug-likeness (QED) is 0.706. The van der Waals surface area contributed by atoms with E-state index in [1.165, 1.54) is 11.8 Å². The molecule has 1 fully saturated rings. The highest BCUT2D eigenvalue weighted by molar-refractivity contribution is 8.15. The molecule has 0 aliphatic carbocycles. The lowest BCUT2D eigenvalue weighted by molar-refractivity contribution is -0.114. The first-order valence-corrected chi connectivity index (χ1v) is 12.4. The number of nitrogens with zero attached hydrogens (tertiary/aromatic N) is 2. The van der Waals surface area contributed by atoms with Crippen molar-refractivity contribution in [2.45, 2.75) is 11.3 Å². The second kappa shape index (κ2) is 8.80. The first kappa shape index (κ1) is 21.5. The van der Waals surface area contributed by atoms with Gasteiger partial charge in [0.25, 0.3) is 0 Å². The van der Waals surface area contributed by atoms with Crippen LogP contribution in [-0.4, -0.2) is 63.1 Å². The molecule has 2 unspecified atom stereocenters. The predicted octanol–water partition coefficient (Wildman–Crippen LogP) is 2.42. The van der Waals surface area contributed by atoms with Gasteiger partial charge in [-0.25, -0.2) is 8.42 Å². The highest BCUT2D eigenvalue weighted by Gasteiger charge is 2.44. The number of ether oxygens (including phenoxy) is 2. The van der Waals surface area contributed by atoms with Crippen LogP contribution < -0.4 is 19.7 Å². The van der Waals surface area contributed by atoms with E-state index >= 15 is 0 Å². The van der Waals surface area contributed by atoms with Gasteiger partial charge in [-0.05, 0) is 36.4 Å². The molecule has 2 aromatic carbocycles. The van der Waals surface area contributed by atoms with E-state index in [9.17, 15) is 13.2 Å². The lowest BCUT2D eigenvalue weighted by Crippen LogP contribution is -2.36. The molecule has 2 atom stereocenters. The van der Waals surface area contributed by atoms with Crippen molar-refractivity contribution in [3.8, 4) is 11.5 Å². The van der Waals surface area contributed by atoms with Gasteiger partial charge in [0.05, 0.1) is 37.5 Å². The fraction of sp³-hybridized carbons (Fsp3) is 0.333. The van der Waals surface area contributed by atoms with Crippen LogP contribution in [0.5, 0.6) is 11.5 Å². The number of benzene rings is 2. The van der Waals surface area contributed by atoms with Crippen molar-refractivity contribution < 1.29 is 22.7 Å². The van der Waals surface area contributed by atoms with E-state index in [4.69, 9.17) is 9.47 Å². The smallest absolute Gasteiger partial charge is 0.244 e. The predicted molar refractivity (Wildman–Crippen MR) is 123 cm³/mol. The number of amidine groups is 1. The molecule has 10 heteroatoms. The molecule has 4 rings (SSSR count). The number of aliphatic imine (C=N–C) groups is 1. The first-order valence-electron chi connectivity index (χ1n) is 9.68. The lowest BCUT2D eigenvalue weighted by atomic mass is 10.2. The van der Waals surface area contributed by atoms with Crippen molar-refractivity contribution in [3.05, 3.63) is 48.5 Å². The van der Waals surface area contributed by atoms with E-state index in [0.29, 0.717) is 22.4 Å². The van der Waals surface area contributed by atoms with Crippen molar-refractivity contribution >= 4 is 44.0 Å². The number of carbonyl (C=O) groups excluding carboxylic acids is 1. The van der Waals surface area contributed by atoms with E-state index in [-0.39, 0.29) is 35.2 Å². The van der Waals surface area contributed by atoms with Gasteiger partial charge in [-0.2, -0.15) is 0 Å². The Morgan fingerprint density at radius 3 is 2.55 bits per heavy atom. The number of methoxy groups -OCH3 is 2. The number of thioether (sulfide) groups is 1. The largest absolute Gasteiger partial charge is 0.497 e. The Kier molecular flexibility index (Phi) is 6.10. The maximum Gasteiger partial charge on any atom is 0.244 e. The number of fused-ring (bicyclic) bond motifs is 1. The van der Waals surface area contributed by atoms with Crippen molar-refractivity contribution in [1.82, 2.24) is 0 Å². The molecule has 2 heterocycles. The second-order valence-corrected chi connectivity index (χ2v) is 10.6. The highest BCUT2D eigenvalue weighted by atomic mass is 32.2. The van der Waals surface area contributed by atoms with E-state index in [1.807, 2.05) is 36.4 Å². The van der Waals surface area contributed by atoms with Crippen molar-refractivity contribution in [1.29, 1.82) is 0 Å². The van der Waals surface area contributed by atoms with Gasteiger partial charge in [0.2, 0.25) is 5.91 Å². The average molecular weight is 462 g/mol. The van der Waals surface area contributed by atoms with Crippen LogP contribution >= 0.6 is 11.8 Å². The Morgan fingerprint density at radius 2 is 1.87 bits per heavy atom. The number of sulfone groups is 1. The third kappa shape index (κ3) is 4.80. The van der Waals surface area contributed by atoms with Crippen LogP contribution in [0.15, 0.2) is 53.5 Å². The zero-order valence-electron chi connectivity index (χ0n) is 17.1. The summed E-state index contributed by atoms with van der Waals surface area (Å²) in [7, 11) is 0.0804. The number of nitrogens with one attached hydrogen (secondary N) is 1. The van der Waals surface area contributed by atoms with E-state index in [1.54, 1.807) is 31.3 Å². The zero-order valence-corrected chi connectivity index (χ0v) is 18.8. The molecular weight excluding hydrogens is 438 g/mol. The van der Waals surface area contributed by atoms with Crippen LogP contribution in [-0.2, 0) is 14.6 Å². The van der Waals surface area contributed by atoms with Crippen molar-refractivity contribution in [2.75, 3.05) is 42.5 Å². The fourth-order valence-electron chi connectivity index (χ4n) is 3.58. The Morgan fingerprint density at radius 1 is 1.13 bits per heavy atom. The summed E-state index contributed by atoms with van der Waals surface area (Å²) in [6, 6.07) is 14.2. The van der Waals surface area contributed by atoms with E-state index in [0.717, 1.165) is 5.69 Å². The molecular formula is C21H23N3O5S2. The molecule has 0 aromatic heterocycles. The first-order chi connectivity index (χ1) is 14.9. The maximum atomic E-state index is 12.9. The van der Waals surface area contributed by atoms with Gasteiger partial charge in [-0.15, -0.1) is 0 Å². The van der Waals surface area contributed by atoms with E-state index < -0.39 is 9.84 Å². The molecule has 2 aliphatic rings. The Labute approximate surface area is 185 Å². The molecule has 8 nitrogen and oxygen atoms in total. The number of rotatable bonds is 6. The maximum absolute atomic E-state index is 12.9. The van der Waals surface area contributed by atoms with Crippen LogP contribution in [0.25, 0.3) is 0 Å². The van der Waals surface area contributed by atoms with E-state index in [2.05, 4.69) is 10.3 Å². The highest BCUT2D eigenvalue weighted by Crippen LogP contribution is 2.37. The van der Waals surface area contributed by atoms with Crippen LogP contribution in [0, 0.1) is 0 Å². The summed E-state index contributed by atoms with van der Waals surface area (Å²) in [6.45, 7) is 0.0163. The summed E-state index contributed by atoms with van der Waals surface area (Å²) in [4.78, 5) is 19.4. The number of hydrogen-bond acceptors (Lipinski definition) is 8. The van der Waals surface area contributed by atoms with Crippen LogP contribution in [0.2, 0.25) is 0 Å². The Bertz CT molecular complexity index is 1100.